The minimum atomic E-state index is -0.330. The molecular formula is C14H22N2O2. The predicted octanol–water partition coefficient (Wildman–Crippen LogP) is 1.95. The molecule has 0 aromatic heterocycles. The van der Waals surface area contributed by atoms with E-state index in [0.717, 1.165) is 12.0 Å². The van der Waals surface area contributed by atoms with Crippen molar-refractivity contribution in [1.29, 1.82) is 0 Å². The molecule has 0 aliphatic rings. The zero-order valence-electron chi connectivity index (χ0n) is 11.3. The van der Waals surface area contributed by atoms with Gasteiger partial charge in [0.1, 0.15) is 5.75 Å². The number of hydrogen-bond acceptors (Lipinski definition) is 3. The van der Waals surface area contributed by atoms with E-state index in [4.69, 9.17) is 5.73 Å². The van der Waals surface area contributed by atoms with Crippen LogP contribution in [0.25, 0.3) is 0 Å². The largest absolute Gasteiger partial charge is 0.507 e. The third kappa shape index (κ3) is 3.47. The predicted molar refractivity (Wildman–Crippen MR) is 72.7 cm³/mol. The fourth-order valence-electron chi connectivity index (χ4n) is 1.82. The van der Waals surface area contributed by atoms with Crippen LogP contribution in [0.4, 0.5) is 0 Å². The monoisotopic (exact) mass is 250 g/mol. The second-order valence-corrected chi connectivity index (χ2v) is 4.93. The number of carbonyl (C=O) groups excluding carboxylic acids is 1. The number of phenolic OH excluding ortho intramolecular Hbond substituents is 1. The quantitative estimate of drug-likeness (QED) is 0.747. The van der Waals surface area contributed by atoms with Crippen molar-refractivity contribution >= 4 is 5.91 Å². The molecule has 1 rings (SSSR count). The van der Waals surface area contributed by atoms with Gasteiger partial charge in [-0.1, -0.05) is 13.0 Å². The van der Waals surface area contributed by atoms with E-state index in [0.29, 0.717) is 18.5 Å². The summed E-state index contributed by atoms with van der Waals surface area (Å²) < 4.78 is 0. The standard InChI is InChI=1S/C14H22N2O2/c1-4-14(3,7-8-15)16-13(18)11-6-5-10(2)9-12(11)17/h5-6,9,17H,4,7-8,15H2,1-3H3,(H,16,18). The summed E-state index contributed by atoms with van der Waals surface area (Å²) in [6.07, 6.45) is 1.50. The molecule has 0 radical (unpaired) electrons. The van der Waals surface area contributed by atoms with Crippen molar-refractivity contribution in [3.8, 4) is 5.75 Å². The molecule has 4 heteroatoms. The Bertz CT molecular complexity index is 432. The van der Waals surface area contributed by atoms with Gasteiger partial charge in [-0.05, 0) is 50.9 Å². The number of carbonyl (C=O) groups is 1. The molecule has 0 aliphatic heterocycles. The van der Waals surface area contributed by atoms with E-state index in [-0.39, 0.29) is 17.2 Å². The average molecular weight is 250 g/mol. The molecule has 1 amide bonds. The van der Waals surface area contributed by atoms with E-state index in [9.17, 15) is 9.90 Å². The van der Waals surface area contributed by atoms with Gasteiger partial charge in [-0.15, -0.1) is 0 Å². The molecular weight excluding hydrogens is 228 g/mol. The number of aryl methyl sites for hydroxylation is 1. The van der Waals surface area contributed by atoms with Gasteiger partial charge in [0.15, 0.2) is 0 Å². The first-order valence-electron chi connectivity index (χ1n) is 6.24. The van der Waals surface area contributed by atoms with E-state index in [1.807, 2.05) is 20.8 Å². The van der Waals surface area contributed by atoms with E-state index in [1.165, 1.54) is 0 Å². The second kappa shape index (κ2) is 5.87. The van der Waals surface area contributed by atoms with Crippen molar-refractivity contribution in [2.45, 2.75) is 39.2 Å². The first-order chi connectivity index (χ1) is 8.41. The molecule has 0 aliphatic carbocycles. The van der Waals surface area contributed by atoms with Crippen LogP contribution in [0.5, 0.6) is 5.75 Å². The van der Waals surface area contributed by atoms with Gasteiger partial charge < -0.3 is 16.2 Å². The summed E-state index contributed by atoms with van der Waals surface area (Å²) in [5, 5.41) is 12.7. The van der Waals surface area contributed by atoms with Crippen LogP contribution in [0.15, 0.2) is 18.2 Å². The number of hydrogen-bond donors (Lipinski definition) is 3. The topological polar surface area (TPSA) is 75.3 Å². The summed E-state index contributed by atoms with van der Waals surface area (Å²) in [5.74, 6) is -0.246. The van der Waals surface area contributed by atoms with Gasteiger partial charge in [0.25, 0.3) is 5.91 Å². The second-order valence-electron chi connectivity index (χ2n) is 4.93. The van der Waals surface area contributed by atoms with Crippen LogP contribution in [0.1, 0.15) is 42.6 Å². The average Bonchev–Trinajstić information content (AvgIpc) is 2.28. The van der Waals surface area contributed by atoms with Gasteiger partial charge in [-0.25, -0.2) is 0 Å². The van der Waals surface area contributed by atoms with Gasteiger partial charge in [0.05, 0.1) is 5.56 Å². The highest BCUT2D eigenvalue weighted by Crippen LogP contribution is 2.21. The number of amides is 1. The Morgan fingerprint density at radius 1 is 1.50 bits per heavy atom. The number of nitrogens with two attached hydrogens (primary N) is 1. The van der Waals surface area contributed by atoms with Crippen LogP contribution in [-0.2, 0) is 0 Å². The molecule has 4 N–H and O–H groups in total. The van der Waals surface area contributed by atoms with E-state index < -0.39 is 0 Å². The highest BCUT2D eigenvalue weighted by atomic mass is 16.3. The molecule has 1 unspecified atom stereocenters. The van der Waals surface area contributed by atoms with Crippen LogP contribution in [0, 0.1) is 6.92 Å². The van der Waals surface area contributed by atoms with Crippen molar-refractivity contribution in [3.05, 3.63) is 29.3 Å². The first kappa shape index (κ1) is 14.5. The number of phenols is 1. The summed E-state index contributed by atoms with van der Waals surface area (Å²) in [6, 6.07) is 5.03. The molecule has 100 valence electrons. The molecule has 1 atom stereocenters. The minimum Gasteiger partial charge on any atom is -0.507 e. The smallest absolute Gasteiger partial charge is 0.255 e. The van der Waals surface area contributed by atoms with Crippen molar-refractivity contribution in [2.24, 2.45) is 5.73 Å². The number of aromatic hydroxyl groups is 1. The Morgan fingerprint density at radius 2 is 2.17 bits per heavy atom. The maximum absolute atomic E-state index is 12.1. The third-order valence-corrected chi connectivity index (χ3v) is 3.29. The molecule has 0 heterocycles. The zero-order valence-corrected chi connectivity index (χ0v) is 11.3. The van der Waals surface area contributed by atoms with Crippen molar-refractivity contribution < 1.29 is 9.90 Å². The van der Waals surface area contributed by atoms with Gasteiger partial charge in [-0.2, -0.15) is 0 Å². The summed E-state index contributed by atoms with van der Waals surface area (Å²) in [7, 11) is 0. The molecule has 0 bridgehead atoms. The molecule has 1 aromatic rings. The van der Waals surface area contributed by atoms with Gasteiger partial charge in [0.2, 0.25) is 0 Å². The summed E-state index contributed by atoms with van der Waals surface area (Å²) in [6.45, 7) is 6.35. The van der Waals surface area contributed by atoms with Gasteiger partial charge >= 0.3 is 0 Å². The Labute approximate surface area is 108 Å². The number of nitrogens with one attached hydrogen (secondary N) is 1. The maximum Gasteiger partial charge on any atom is 0.255 e. The number of benzene rings is 1. The van der Waals surface area contributed by atoms with E-state index in [1.54, 1.807) is 18.2 Å². The minimum absolute atomic E-state index is 0.0127. The van der Waals surface area contributed by atoms with E-state index >= 15 is 0 Å². The molecule has 18 heavy (non-hydrogen) atoms. The van der Waals surface area contributed by atoms with Crippen LogP contribution in [-0.4, -0.2) is 23.1 Å². The zero-order chi connectivity index (χ0) is 13.8. The maximum atomic E-state index is 12.1. The Kier molecular flexibility index (Phi) is 4.73. The summed E-state index contributed by atoms with van der Waals surface area (Å²) in [5.41, 5.74) is 6.45. The van der Waals surface area contributed by atoms with Crippen molar-refractivity contribution in [2.75, 3.05) is 6.54 Å². The fraction of sp³-hybridized carbons (Fsp3) is 0.500. The molecule has 4 nitrogen and oxygen atoms in total. The van der Waals surface area contributed by atoms with Crippen LogP contribution in [0.3, 0.4) is 0 Å². The molecule has 0 fully saturated rings. The summed E-state index contributed by atoms with van der Waals surface area (Å²) in [4.78, 5) is 12.1. The summed E-state index contributed by atoms with van der Waals surface area (Å²) >= 11 is 0. The lowest BCUT2D eigenvalue weighted by Crippen LogP contribution is -2.46. The highest BCUT2D eigenvalue weighted by molar-refractivity contribution is 5.97. The first-order valence-corrected chi connectivity index (χ1v) is 6.24. The third-order valence-electron chi connectivity index (χ3n) is 3.29. The van der Waals surface area contributed by atoms with Crippen LogP contribution >= 0.6 is 0 Å². The van der Waals surface area contributed by atoms with Crippen molar-refractivity contribution in [3.63, 3.8) is 0 Å². The number of rotatable bonds is 5. The molecule has 0 saturated carbocycles. The van der Waals surface area contributed by atoms with Gasteiger partial charge in [0, 0.05) is 5.54 Å². The normalized spacial score (nSPS) is 14.0. The Balaban J connectivity index is 2.87. The van der Waals surface area contributed by atoms with E-state index in [2.05, 4.69) is 5.32 Å². The molecule has 0 spiro atoms. The SMILES string of the molecule is CCC(C)(CCN)NC(=O)c1ccc(C)cc1O. The van der Waals surface area contributed by atoms with Crippen LogP contribution < -0.4 is 11.1 Å². The lowest BCUT2D eigenvalue weighted by atomic mass is 9.94. The molecule has 1 aromatic carbocycles. The molecule has 0 saturated heterocycles. The Morgan fingerprint density at radius 3 is 2.67 bits per heavy atom. The lowest BCUT2D eigenvalue weighted by Gasteiger charge is -2.29. The van der Waals surface area contributed by atoms with Crippen molar-refractivity contribution in [1.82, 2.24) is 5.32 Å². The van der Waals surface area contributed by atoms with Gasteiger partial charge in [-0.3, -0.25) is 4.79 Å². The highest BCUT2D eigenvalue weighted by Gasteiger charge is 2.24. The van der Waals surface area contributed by atoms with Crippen LogP contribution in [0.2, 0.25) is 0 Å². The fourth-order valence-corrected chi connectivity index (χ4v) is 1.82. The Hall–Kier alpha value is -1.55. The lowest BCUT2D eigenvalue weighted by molar-refractivity contribution is 0.0897.